The fraction of sp³-hybridized carbons (Fsp3) is 0.318. The standard InChI is InChI=1S/C22H26N2O5/c1-5-29-20-9-7-6-8-16(20)19(23-15(4)25)12-21(26)24-18-11-17(22(27)28)13(2)10-14(18)3/h6-11,19H,5,12H2,1-4H3,(H,23,25)(H,24,26)(H,27,28). The minimum absolute atomic E-state index is 0.0284. The Bertz CT molecular complexity index is 923. The Balaban J connectivity index is 2.27. The van der Waals surface area contributed by atoms with Gasteiger partial charge in [0.15, 0.2) is 0 Å². The van der Waals surface area contributed by atoms with Crippen molar-refractivity contribution in [1.82, 2.24) is 5.32 Å². The van der Waals surface area contributed by atoms with Crippen molar-refractivity contribution in [3.8, 4) is 5.75 Å². The van der Waals surface area contributed by atoms with Crippen molar-refractivity contribution in [3.05, 3.63) is 58.7 Å². The summed E-state index contributed by atoms with van der Waals surface area (Å²) >= 11 is 0. The summed E-state index contributed by atoms with van der Waals surface area (Å²) in [4.78, 5) is 35.8. The molecule has 7 nitrogen and oxygen atoms in total. The Hall–Kier alpha value is -3.35. The minimum Gasteiger partial charge on any atom is -0.494 e. The third-order valence-electron chi connectivity index (χ3n) is 4.44. The van der Waals surface area contributed by atoms with Crippen molar-refractivity contribution in [1.29, 1.82) is 0 Å². The highest BCUT2D eigenvalue weighted by Gasteiger charge is 2.21. The van der Waals surface area contributed by atoms with Crippen molar-refractivity contribution in [2.45, 2.75) is 40.2 Å². The lowest BCUT2D eigenvalue weighted by Gasteiger charge is -2.21. The number of carboxylic acids is 1. The molecule has 29 heavy (non-hydrogen) atoms. The van der Waals surface area contributed by atoms with E-state index in [-0.39, 0.29) is 23.8 Å². The van der Waals surface area contributed by atoms with E-state index in [2.05, 4.69) is 10.6 Å². The fourth-order valence-electron chi connectivity index (χ4n) is 3.14. The first kappa shape index (κ1) is 21.9. The number of hydrogen-bond acceptors (Lipinski definition) is 4. The molecule has 2 rings (SSSR count). The van der Waals surface area contributed by atoms with Crippen LogP contribution in [0.3, 0.4) is 0 Å². The van der Waals surface area contributed by atoms with E-state index >= 15 is 0 Å². The molecule has 3 N–H and O–H groups in total. The highest BCUT2D eigenvalue weighted by molar-refractivity contribution is 5.96. The molecule has 2 amide bonds. The van der Waals surface area contributed by atoms with E-state index in [1.807, 2.05) is 19.1 Å². The van der Waals surface area contributed by atoms with Gasteiger partial charge in [0.1, 0.15) is 5.75 Å². The summed E-state index contributed by atoms with van der Waals surface area (Å²) in [5, 5.41) is 14.9. The molecule has 154 valence electrons. The average Bonchev–Trinajstić information content (AvgIpc) is 2.63. The van der Waals surface area contributed by atoms with Crippen LogP contribution in [0.2, 0.25) is 0 Å². The quantitative estimate of drug-likeness (QED) is 0.630. The zero-order valence-corrected chi connectivity index (χ0v) is 17.0. The summed E-state index contributed by atoms with van der Waals surface area (Å²) in [6.07, 6.45) is -0.0284. The normalized spacial score (nSPS) is 11.4. The zero-order chi connectivity index (χ0) is 21.6. The molecule has 0 heterocycles. The lowest BCUT2D eigenvalue weighted by atomic mass is 10.0. The molecule has 2 aromatic rings. The largest absolute Gasteiger partial charge is 0.494 e. The van der Waals surface area contributed by atoms with Crippen LogP contribution in [-0.2, 0) is 9.59 Å². The predicted molar refractivity (Wildman–Crippen MR) is 110 cm³/mol. The third-order valence-corrected chi connectivity index (χ3v) is 4.44. The van der Waals surface area contributed by atoms with Gasteiger partial charge in [-0.05, 0) is 44.0 Å². The monoisotopic (exact) mass is 398 g/mol. The number of carbonyl (C=O) groups excluding carboxylic acids is 2. The van der Waals surface area contributed by atoms with Crippen LogP contribution in [0.5, 0.6) is 5.75 Å². The molecule has 0 spiro atoms. The average molecular weight is 398 g/mol. The molecule has 1 atom stereocenters. The van der Waals surface area contributed by atoms with Crippen LogP contribution in [0.25, 0.3) is 0 Å². The second-order valence-electron chi connectivity index (χ2n) is 6.76. The summed E-state index contributed by atoms with van der Waals surface area (Å²) in [5.74, 6) is -1.08. The molecule has 0 fully saturated rings. The van der Waals surface area contributed by atoms with Crippen LogP contribution in [0.15, 0.2) is 36.4 Å². The van der Waals surface area contributed by atoms with E-state index < -0.39 is 12.0 Å². The predicted octanol–water partition coefficient (Wildman–Crippen LogP) is 3.61. The first-order valence-electron chi connectivity index (χ1n) is 9.36. The number of anilines is 1. The van der Waals surface area contributed by atoms with Gasteiger partial charge in [-0.15, -0.1) is 0 Å². The lowest BCUT2D eigenvalue weighted by Crippen LogP contribution is -2.30. The molecule has 0 saturated carbocycles. The van der Waals surface area contributed by atoms with E-state index in [1.54, 1.807) is 32.0 Å². The molecule has 2 aromatic carbocycles. The Kier molecular flexibility index (Phi) is 7.36. The number of amides is 2. The number of rotatable bonds is 8. The van der Waals surface area contributed by atoms with E-state index in [4.69, 9.17) is 4.74 Å². The van der Waals surface area contributed by atoms with Gasteiger partial charge in [-0.2, -0.15) is 0 Å². The molecular formula is C22H26N2O5. The van der Waals surface area contributed by atoms with Crippen LogP contribution in [0.4, 0.5) is 5.69 Å². The molecule has 0 aliphatic heterocycles. The summed E-state index contributed by atoms with van der Waals surface area (Å²) in [6, 6.07) is 9.81. The van der Waals surface area contributed by atoms with E-state index in [0.717, 1.165) is 5.56 Å². The third kappa shape index (κ3) is 5.81. The van der Waals surface area contributed by atoms with E-state index in [9.17, 15) is 19.5 Å². The summed E-state index contributed by atoms with van der Waals surface area (Å²) < 4.78 is 5.63. The highest BCUT2D eigenvalue weighted by atomic mass is 16.5. The molecule has 0 aliphatic carbocycles. The minimum atomic E-state index is -1.06. The zero-order valence-electron chi connectivity index (χ0n) is 17.0. The van der Waals surface area contributed by atoms with Crippen LogP contribution < -0.4 is 15.4 Å². The maximum absolute atomic E-state index is 12.7. The van der Waals surface area contributed by atoms with E-state index in [0.29, 0.717) is 29.2 Å². The molecule has 0 saturated heterocycles. The van der Waals surface area contributed by atoms with Gasteiger partial charge in [0.25, 0.3) is 0 Å². The molecular weight excluding hydrogens is 372 g/mol. The number of benzene rings is 2. The Morgan fingerprint density at radius 1 is 1.10 bits per heavy atom. The Labute approximate surface area is 170 Å². The lowest BCUT2D eigenvalue weighted by molar-refractivity contribution is -0.120. The van der Waals surface area contributed by atoms with E-state index in [1.165, 1.54) is 13.0 Å². The van der Waals surface area contributed by atoms with Crippen LogP contribution in [0.1, 0.15) is 53.4 Å². The SMILES string of the molecule is CCOc1ccccc1C(CC(=O)Nc1cc(C(=O)O)c(C)cc1C)NC(C)=O. The smallest absolute Gasteiger partial charge is 0.336 e. The molecule has 7 heteroatoms. The summed E-state index contributed by atoms with van der Waals surface area (Å²) in [5.41, 5.74) is 2.64. The van der Waals surface area contributed by atoms with Crippen molar-refractivity contribution in [2.75, 3.05) is 11.9 Å². The summed E-state index contributed by atoms with van der Waals surface area (Å²) in [7, 11) is 0. The van der Waals surface area contributed by atoms with Crippen molar-refractivity contribution in [3.63, 3.8) is 0 Å². The number of para-hydroxylation sites is 1. The second kappa shape index (κ2) is 9.73. The van der Waals surface area contributed by atoms with Gasteiger partial charge in [0.2, 0.25) is 11.8 Å². The summed E-state index contributed by atoms with van der Waals surface area (Å²) in [6.45, 7) is 7.20. The van der Waals surface area contributed by atoms with Crippen molar-refractivity contribution < 1.29 is 24.2 Å². The number of hydrogen-bond donors (Lipinski definition) is 3. The first-order chi connectivity index (χ1) is 13.7. The molecule has 0 radical (unpaired) electrons. The molecule has 0 aliphatic rings. The van der Waals surface area contributed by atoms with Gasteiger partial charge >= 0.3 is 5.97 Å². The van der Waals surface area contributed by atoms with Crippen LogP contribution in [0, 0.1) is 13.8 Å². The second-order valence-corrected chi connectivity index (χ2v) is 6.76. The maximum Gasteiger partial charge on any atom is 0.336 e. The number of ether oxygens (including phenoxy) is 1. The van der Waals surface area contributed by atoms with Gasteiger partial charge in [-0.1, -0.05) is 24.3 Å². The van der Waals surface area contributed by atoms with Gasteiger partial charge in [0.05, 0.1) is 24.6 Å². The maximum atomic E-state index is 12.7. The van der Waals surface area contributed by atoms with Crippen molar-refractivity contribution in [2.24, 2.45) is 0 Å². The topological polar surface area (TPSA) is 105 Å². The van der Waals surface area contributed by atoms with Gasteiger partial charge in [-0.3, -0.25) is 9.59 Å². The Morgan fingerprint density at radius 3 is 2.41 bits per heavy atom. The molecule has 1 unspecified atom stereocenters. The number of aryl methyl sites for hydroxylation is 2. The number of carbonyl (C=O) groups is 3. The highest BCUT2D eigenvalue weighted by Crippen LogP contribution is 2.28. The number of nitrogens with one attached hydrogen (secondary N) is 2. The Morgan fingerprint density at radius 2 is 1.79 bits per heavy atom. The van der Waals surface area contributed by atoms with Gasteiger partial charge in [-0.25, -0.2) is 4.79 Å². The van der Waals surface area contributed by atoms with Gasteiger partial charge in [0, 0.05) is 18.2 Å². The van der Waals surface area contributed by atoms with Crippen LogP contribution in [-0.4, -0.2) is 29.5 Å². The van der Waals surface area contributed by atoms with Gasteiger partial charge < -0.3 is 20.5 Å². The van der Waals surface area contributed by atoms with Crippen LogP contribution >= 0.6 is 0 Å². The first-order valence-corrected chi connectivity index (χ1v) is 9.36. The number of aromatic carboxylic acids is 1. The molecule has 0 bridgehead atoms. The number of carboxylic acid groups (broad SMARTS) is 1. The molecule has 0 aromatic heterocycles. The fourth-order valence-corrected chi connectivity index (χ4v) is 3.14. The van der Waals surface area contributed by atoms with Crippen molar-refractivity contribution >= 4 is 23.5 Å².